The molecule has 0 spiro atoms. The lowest BCUT2D eigenvalue weighted by Gasteiger charge is -1.96. The van der Waals surface area contributed by atoms with Crippen LogP contribution in [0.1, 0.15) is 18.7 Å². The molecule has 1 fully saturated rings. The lowest BCUT2D eigenvalue weighted by molar-refractivity contribution is 0.367. The highest BCUT2D eigenvalue weighted by atomic mass is 16.5. The van der Waals surface area contributed by atoms with Crippen LogP contribution in [0.25, 0.3) is 0 Å². The van der Waals surface area contributed by atoms with Gasteiger partial charge in [0.25, 0.3) is 5.95 Å². The van der Waals surface area contributed by atoms with Crippen molar-refractivity contribution in [3.63, 3.8) is 0 Å². The fourth-order valence-electron chi connectivity index (χ4n) is 1.05. The molecule has 0 atom stereocenters. The monoisotopic (exact) mass is 168 g/mol. The number of nitrogens with two attached hydrogens (primary N) is 1. The third kappa shape index (κ3) is 1.94. The van der Waals surface area contributed by atoms with Gasteiger partial charge in [-0.1, -0.05) is 0 Å². The van der Waals surface area contributed by atoms with E-state index in [0.29, 0.717) is 12.4 Å². The SMILES string of the molecule is Nc1noc(CNCC2CC2)n1. The van der Waals surface area contributed by atoms with Crippen molar-refractivity contribution >= 4 is 5.95 Å². The van der Waals surface area contributed by atoms with Crippen LogP contribution in [0.4, 0.5) is 5.95 Å². The van der Waals surface area contributed by atoms with Gasteiger partial charge in [0.15, 0.2) is 0 Å². The molecule has 5 nitrogen and oxygen atoms in total. The quantitative estimate of drug-likeness (QED) is 0.669. The topological polar surface area (TPSA) is 77.0 Å². The van der Waals surface area contributed by atoms with E-state index < -0.39 is 0 Å². The van der Waals surface area contributed by atoms with Crippen molar-refractivity contribution in [3.8, 4) is 0 Å². The summed E-state index contributed by atoms with van der Waals surface area (Å²) in [5.74, 6) is 1.64. The summed E-state index contributed by atoms with van der Waals surface area (Å²) in [7, 11) is 0. The molecular weight excluding hydrogens is 156 g/mol. The van der Waals surface area contributed by atoms with Gasteiger partial charge in [-0.2, -0.15) is 4.98 Å². The van der Waals surface area contributed by atoms with Gasteiger partial charge in [0.1, 0.15) is 0 Å². The molecule has 5 heteroatoms. The molecule has 1 aliphatic rings. The smallest absolute Gasteiger partial charge is 0.260 e. The summed E-state index contributed by atoms with van der Waals surface area (Å²) < 4.78 is 4.82. The van der Waals surface area contributed by atoms with Crippen LogP contribution in [0, 0.1) is 5.92 Å². The van der Waals surface area contributed by atoms with E-state index >= 15 is 0 Å². The van der Waals surface area contributed by atoms with Crippen molar-refractivity contribution in [1.82, 2.24) is 15.5 Å². The number of nitrogen functional groups attached to an aromatic ring is 1. The first-order valence-electron chi connectivity index (χ1n) is 4.13. The Kier molecular flexibility index (Phi) is 1.95. The maximum atomic E-state index is 5.28. The molecule has 1 aromatic heterocycles. The third-order valence-electron chi connectivity index (χ3n) is 1.89. The van der Waals surface area contributed by atoms with E-state index in [1.807, 2.05) is 0 Å². The number of aromatic nitrogens is 2. The van der Waals surface area contributed by atoms with E-state index in [0.717, 1.165) is 12.5 Å². The summed E-state index contributed by atoms with van der Waals surface area (Å²) in [5, 5.41) is 6.71. The van der Waals surface area contributed by atoms with Gasteiger partial charge in [-0.3, -0.25) is 0 Å². The molecule has 66 valence electrons. The summed E-state index contributed by atoms with van der Waals surface area (Å²) >= 11 is 0. The highest BCUT2D eigenvalue weighted by molar-refractivity contribution is 5.10. The minimum absolute atomic E-state index is 0.207. The zero-order valence-electron chi connectivity index (χ0n) is 6.79. The van der Waals surface area contributed by atoms with E-state index in [-0.39, 0.29) is 5.95 Å². The fourth-order valence-corrected chi connectivity index (χ4v) is 1.05. The van der Waals surface area contributed by atoms with Crippen LogP contribution in [-0.4, -0.2) is 16.7 Å². The number of anilines is 1. The average molecular weight is 168 g/mol. The van der Waals surface area contributed by atoms with Crippen molar-refractivity contribution in [2.24, 2.45) is 5.92 Å². The molecule has 1 aromatic rings. The molecule has 1 saturated carbocycles. The standard InChI is InChI=1S/C7H12N4O/c8-7-10-6(12-11-7)4-9-3-5-1-2-5/h5,9H,1-4H2,(H2,8,11). The molecule has 0 amide bonds. The van der Waals surface area contributed by atoms with Gasteiger partial charge in [-0.05, 0) is 30.5 Å². The van der Waals surface area contributed by atoms with Crippen LogP contribution in [0.3, 0.4) is 0 Å². The Morgan fingerprint density at radius 1 is 1.58 bits per heavy atom. The second-order valence-electron chi connectivity index (χ2n) is 3.12. The maximum absolute atomic E-state index is 5.28. The molecule has 0 aromatic carbocycles. The molecule has 12 heavy (non-hydrogen) atoms. The van der Waals surface area contributed by atoms with Crippen molar-refractivity contribution < 1.29 is 4.52 Å². The molecular formula is C7H12N4O. The zero-order chi connectivity index (χ0) is 8.39. The number of hydrogen-bond donors (Lipinski definition) is 2. The van der Waals surface area contributed by atoms with Crippen molar-refractivity contribution in [2.45, 2.75) is 19.4 Å². The lowest BCUT2D eigenvalue weighted by Crippen LogP contribution is -2.16. The van der Waals surface area contributed by atoms with Crippen LogP contribution < -0.4 is 11.1 Å². The van der Waals surface area contributed by atoms with Gasteiger partial charge >= 0.3 is 0 Å². The van der Waals surface area contributed by atoms with E-state index in [1.54, 1.807) is 0 Å². The first-order chi connectivity index (χ1) is 5.84. The Bertz CT molecular complexity index is 256. The van der Waals surface area contributed by atoms with E-state index in [4.69, 9.17) is 10.3 Å². The number of nitrogens with zero attached hydrogens (tertiary/aromatic N) is 2. The van der Waals surface area contributed by atoms with Crippen molar-refractivity contribution in [2.75, 3.05) is 12.3 Å². The van der Waals surface area contributed by atoms with Gasteiger partial charge in [0, 0.05) is 0 Å². The molecule has 0 bridgehead atoms. The summed E-state index contributed by atoms with van der Waals surface area (Å²) in [6.45, 7) is 1.67. The van der Waals surface area contributed by atoms with Crippen LogP contribution in [0.5, 0.6) is 0 Å². The van der Waals surface area contributed by atoms with E-state index in [1.165, 1.54) is 12.8 Å². The predicted molar refractivity (Wildman–Crippen MR) is 43.1 cm³/mol. The van der Waals surface area contributed by atoms with Crippen molar-refractivity contribution in [1.29, 1.82) is 0 Å². The van der Waals surface area contributed by atoms with Gasteiger partial charge < -0.3 is 15.6 Å². The Morgan fingerprint density at radius 2 is 2.42 bits per heavy atom. The summed E-state index contributed by atoms with van der Waals surface area (Å²) in [6, 6.07) is 0. The first-order valence-corrected chi connectivity index (χ1v) is 4.13. The highest BCUT2D eigenvalue weighted by Gasteiger charge is 2.20. The minimum atomic E-state index is 0.207. The Morgan fingerprint density at radius 3 is 3.00 bits per heavy atom. The molecule has 0 unspecified atom stereocenters. The van der Waals surface area contributed by atoms with Gasteiger partial charge in [-0.25, -0.2) is 0 Å². The van der Waals surface area contributed by atoms with Gasteiger partial charge in [0.2, 0.25) is 5.89 Å². The second kappa shape index (κ2) is 3.10. The summed E-state index contributed by atoms with van der Waals surface area (Å²) in [6.07, 6.45) is 2.69. The third-order valence-corrected chi connectivity index (χ3v) is 1.89. The lowest BCUT2D eigenvalue weighted by atomic mass is 10.4. The molecule has 0 radical (unpaired) electrons. The summed E-state index contributed by atoms with van der Waals surface area (Å²) in [5.41, 5.74) is 5.28. The number of nitrogens with one attached hydrogen (secondary N) is 1. The molecule has 3 N–H and O–H groups in total. The zero-order valence-corrected chi connectivity index (χ0v) is 6.79. The largest absolute Gasteiger partial charge is 0.365 e. The van der Waals surface area contributed by atoms with Crippen LogP contribution in [-0.2, 0) is 6.54 Å². The highest BCUT2D eigenvalue weighted by Crippen LogP contribution is 2.27. The normalized spacial score (nSPS) is 16.7. The average Bonchev–Trinajstić information content (AvgIpc) is 2.76. The van der Waals surface area contributed by atoms with Crippen LogP contribution >= 0.6 is 0 Å². The van der Waals surface area contributed by atoms with Crippen LogP contribution in [0.2, 0.25) is 0 Å². The molecule has 2 rings (SSSR count). The molecule has 1 heterocycles. The molecule has 1 aliphatic carbocycles. The second-order valence-corrected chi connectivity index (χ2v) is 3.12. The summed E-state index contributed by atoms with van der Waals surface area (Å²) in [4.78, 5) is 3.87. The van der Waals surface area contributed by atoms with Gasteiger partial charge in [-0.15, -0.1) is 0 Å². The Labute approximate surface area is 70.3 Å². The minimum Gasteiger partial charge on any atom is -0.365 e. The molecule has 0 aliphatic heterocycles. The van der Waals surface area contributed by atoms with Gasteiger partial charge in [0.05, 0.1) is 6.54 Å². The Hall–Kier alpha value is -1.10. The van der Waals surface area contributed by atoms with Crippen LogP contribution in [0.15, 0.2) is 4.52 Å². The maximum Gasteiger partial charge on any atom is 0.260 e. The Balaban J connectivity index is 1.71. The number of rotatable bonds is 4. The predicted octanol–water partition coefficient (Wildman–Crippen LogP) is 0.151. The van der Waals surface area contributed by atoms with Crippen molar-refractivity contribution in [3.05, 3.63) is 5.89 Å². The number of hydrogen-bond acceptors (Lipinski definition) is 5. The first kappa shape index (κ1) is 7.54. The molecule has 0 saturated heterocycles. The fraction of sp³-hybridized carbons (Fsp3) is 0.714. The van der Waals surface area contributed by atoms with E-state index in [2.05, 4.69) is 15.5 Å². The van der Waals surface area contributed by atoms with E-state index in [9.17, 15) is 0 Å².